The minimum Gasteiger partial charge on any atom is -0.496 e. The first-order valence-electron chi connectivity index (χ1n) is 7.06. The standard InChI is InChI=1S/C16H23NO2/c1-11(2)13-7-8-15(19-3)14(9-13)10-17-16(18)12-5-4-6-12/h7-9,11-12H,4-6,10H2,1-3H3,(H,17,18). The van der Waals surface area contributed by atoms with E-state index in [4.69, 9.17) is 4.74 Å². The molecule has 0 radical (unpaired) electrons. The van der Waals surface area contributed by atoms with Crippen LogP contribution in [0, 0.1) is 5.92 Å². The summed E-state index contributed by atoms with van der Waals surface area (Å²) in [6, 6.07) is 6.20. The van der Waals surface area contributed by atoms with Gasteiger partial charge >= 0.3 is 0 Å². The number of hydrogen-bond donors (Lipinski definition) is 1. The molecule has 1 aliphatic carbocycles. The van der Waals surface area contributed by atoms with Gasteiger partial charge in [0.2, 0.25) is 5.91 Å². The summed E-state index contributed by atoms with van der Waals surface area (Å²) in [6.45, 7) is 4.89. The summed E-state index contributed by atoms with van der Waals surface area (Å²) in [6.07, 6.45) is 3.26. The van der Waals surface area contributed by atoms with Crippen LogP contribution in [0.5, 0.6) is 5.75 Å². The molecule has 3 heteroatoms. The fraction of sp³-hybridized carbons (Fsp3) is 0.562. The maximum Gasteiger partial charge on any atom is 0.223 e. The van der Waals surface area contributed by atoms with E-state index in [1.807, 2.05) is 6.07 Å². The fourth-order valence-corrected chi connectivity index (χ4v) is 2.29. The Labute approximate surface area is 115 Å². The Kier molecular flexibility index (Phi) is 4.46. The van der Waals surface area contributed by atoms with Crippen LogP contribution in [0.2, 0.25) is 0 Å². The van der Waals surface area contributed by atoms with Crippen LogP contribution >= 0.6 is 0 Å². The molecular formula is C16H23NO2. The van der Waals surface area contributed by atoms with Crippen LogP contribution in [0.3, 0.4) is 0 Å². The molecular weight excluding hydrogens is 238 g/mol. The molecule has 2 rings (SSSR count). The molecule has 1 aromatic carbocycles. The van der Waals surface area contributed by atoms with Crippen LogP contribution in [-0.2, 0) is 11.3 Å². The van der Waals surface area contributed by atoms with E-state index >= 15 is 0 Å². The number of benzene rings is 1. The summed E-state index contributed by atoms with van der Waals surface area (Å²) in [5.41, 5.74) is 2.33. The van der Waals surface area contributed by atoms with Crippen LogP contribution in [0.15, 0.2) is 18.2 Å². The summed E-state index contributed by atoms with van der Waals surface area (Å²) < 4.78 is 5.36. The van der Waals surface area contributed by atoms with Gasteiger partial charge in [0, 0.05) is 18.0 Å². The van der Waals surface area contributed by atoms with E-state index in [-0.39, 0.29) is 11.8 Å². The van der Waals surface area contributed by atoms with Gasteiger partial charge in [-0.15, -0.1) is 0 Å². The van der Waals surface area contributed by atoms with E-state index in [2.05, 4.69) is 31.3 Å². The summed E-state index contributed by atoms with van der Waals surface area (Å²) in [7, 11) is 1.67. The Hall–Kier alpha value is -1.51. The highest BCUT2D eigenvalue weighted by molar-refractivity contribution is 5.79. The van der Waals surface area contributed by atoms with Crippen molar-refractivity contribution in [3.63, 3.8) is 0 Å². The van der Waals surface area contributed by atoms with Gasteiger partial charge in [0.25, 0.3) is 0 Å². The Morgan fingerprint density at radius 3 is 2.68 bits per heavy atom. The summed E-state index contributed by atoms with van der Waals surface area (Å²) in [5.74, 6) is 1.74. The van der Waals surface area contributed by atoms with Gasteiger partial charge in [-0.1, -0.05) is 32.4 Å². The predicted octanol–water partition coefficient (Wildman–Crippen LogP) is 3.23. The van der Waals surface area contributed by atoms with Gasteiger partial charge < -0.3 is 10.1 Å². The third-order valence-electron chi connectivity index (χ3n) is 3.90. The van der Waals surface area contributed by atoms with Crippen molar-refractivity contribution in [1.29, 1.82) is 0 Å². The largest absolute Gasteiger partial charge is 0.496 e. The molecule has 1 aliphatic rings. The van der Waals surface area contributed by atoms with Gasteiger partial charge in [0.15, 0.2) is 0 Å². The monoisotopic (exact) mass is 261 g/mol. The van der Waals surface area contributed by atoms with E-state index in [9.17, 15) is 4.79 Å². The van der Waals surface area contributed by atoms with Crippen molar-refractivity contribution in [2.45, 2.75) is 45.6 Å². The highest BCUT2D eigenvalue weighted by Gasteiger charge is 2.24. The number of hydrogen-bond acceptors (Lipinski definition) is 2. The van der Waals surface area contributed by atoms with Crippen LogP contribution in [0.25, 0.3) is 0 Å². The number of carbonyl (C=O) groups excluding carboxylic acids is 1. The van der Waals surface area contributed by atoms with Gasteiger partial charge in [-0.3, -0.25) is 4.79 Å². The third-order valence-corrected chi connectivity index (χ3v) is 3.90. The molecule has 104 valence electrons. The lowest BCUT2D eigenvalue weighted by Gasteiger charge is -2.24. The predicted molar refractivity (Wildman–Crippen MR) is 76.3 cm³/mol. The molecule has 0 bridgehead atoms. The second-order valence-electron chi connectivity index (χ2n) is 5.57. The average molecular weight is 261 g/mol. The maximum atomic E-state index is 11.9. The number of rotatable bonds is 5. The molecule has 0 aromatic heterocycles. The van der Waals surface area contributed by atoms with Gasteiger partial charge in [0.1, 0.15) is 5.75 Å². The molecule has 3 nitrogen and oxygen atoms in total. The Morgan fingerprint density at radius 1 is 1.42 bits per heavy atom. The second kappa shape index (κ2) is 6.09. The Balaban J connectivity index is 2.04. The molecule has 0 spiro atoms. The number of carbonyl (C=O) groups is 1. The lowest BCUT2D eigenvalue weighted by atomic mass is 9.85. The highest BCUT2D eigenvalue weighted by Crippen LogP contribution is 2.27. The van der Waals surface area contributed by atoms with Gasteiger partial charge in [-0.05, 0) is 30.4 Å². The second-order valence-corrected chi connectivity index (χ2v) is 5.57. The Morgan fingerprint density at radius 2 is 2.16 bits per heavy atom. The van der Waals surface area contributed by atoms with E-state index < -0.39 is 0 Å². The molecule has 1 aromatic rings. The molecule has 19 heavy (non-hydrogen) atoms. The normalized spacial score (nSPS) is 15.2. The van der Waals surface area contributed by atoms with Crippen molar-refractivity contribution in [1.82, 2.24) is 5.32 Å². The van der Waals surface area contributed by atoms with Crippen molar-refractivity contribution in [2.24, 2.45) is 5.92 Å². The number of methoxy groups -OCH3 is 1. The zero-order chi connectivity index (χ0) is 13.8. The van der Waals surface area contributed by atoms with Crippen LogP contribution in [0.1, 0.15) is 50.2 Å². The Bertz CT molecular complexity index is 450. The van der Waals surface area contributed by atoms with E-state index in [1.165, 1.54) is 12.0 Å². The fourth-order valence-electron chi connectivity index (χ4n) is 2.29. The van der Waals surface area contributed by atoms with Crippen LogP contribution < -0.4 is 10.1 Å². The van der Waals surface area contributed by atoms with Gasteiger partial charge in [-0.2, -0.15) is 0 Å². The quantitative estimate of drug-likeness (QED) is 0.883. The lowest BCUT2D eigenvalue weighted by molar-refractivity contribution is -0.127. The van der Waals surface area contributed by atoms with Crippen molar-refractivity contribution < 1.29 is 9.53 Å². The molecule has 1 amide bonds. The molecule has 0 heterocycles. The molecule has 1 N–H and O–H groups in total. The minimum absolute atomic E-state index is 0.184. The number of ether oxygens (including phenoxy) is 1. The molecule has 0 atom stereocenters. The van der Waals surface area contributed by atoms with Crippen molar-refractivity contribution in [3.8, 4) is 5.75 Å². The maximum absolute atomic E-state index is 11.9. The van der Waals surface area contributed by atoms with E-state index in [1.54, 1.807) is 7.11 Å². The van der Waals surface area contributed by atoms with Crippen molar-refractivity contribution in [2.75, 3.05) is 7.11 Å². The first kappa shape index (κ1) is 13.9. The van der Waals surface area contributed by atoms with Crippen LogP contribution in [-0.4, -0.2) is 13.0 Å². The summed E-state index contributed by atoms with van der Waals surface area (Å²) in [5, 5.41) is 3.02. The van der Waals surface area contributed by atoms with E-state index in [0.29, 0.717) is 12.5 Å². The topological polar surface area (TPSA) is 38.3 Å². The summed E-state index contributed by atoms with van der Waals surface area (Å²) in [4.78, 5) is 11.9. The van der Waals surface area contributed by atoms with Crippen molar-refractivity contribution >= 4 is 5.91 Å². The molecule has 0 unspecified atom stereocenters. The highest BCUT2D eigenvalue weighted by atomic mass is 16.5. The van der Waals surface area contributed by atoms with E-state index in [0.717, 1.165) is 24.2 Å². The first-order valence-corrected chi connectivity index (χ1v) is 7.06. The SMILES string of the molecule is COc1ccc(C(C)C)cc1CNC(=O)C1CCC1. The number of amides is 1. The average Bonchev–Trinajstić information content (AvgIpc) is 2.33. The molecule has 0 saturated heterocycles. The zero-order valence-electron chi connectivity index (χ0n) is 12.0. The third kappa shape index (κ3) is 3.28. The molecule has 1 fully saturated rings. The molecule has 0 aliphatic heterocycles. The minimum atomic E-state index is 0.184. The van der Waals surface area contributed by atoms with Crippen molar-refractivity contribution in [3.05, 3.63) is 29.3 Å². The lowest BCUT2D eigenvalue weighted by Crippen LogP contribution is -2.34. The molecule has 1 saturated carbocycles. The summed E-state index contributed by atoms with van der Waals surface area (Å²) >= 11 is 0. The first-order chi connectivity index (χ1) is 9.11. The van der Waals surface area contributed by atoms with Crippen LogP contribution in [0.4, 0.5) is 0 Å². The van der Waals surface area contributed by atoms with Gasteiger partial charge in [0.05, 0.1) is 7.11 Å². The zero-order valence-corrected chi connectivity index (χ0v) is 12.0. The number of nitrogens with one attached hydrogen (secondary N) is 1. The smallest absolute Gasteiger partial charge is 0.223 e. The van der Waals surface area contributed by atoms with Gasteiger partial charge in [-0.25, -0.2) is 0 Å².